The summed E-state index contributed by atoms with van der Waals surface area (Å²) in [5.41, 5.74) is 1.64. The maximum absolute atomic E-state index is 10.4. The van der Waals surface area contributed by atoms with E-state index in [0.717, 1.165) is 22.6 Å². The van der Waals surface area contributed by atoms with Crippen LogP contribution in [-0.2, 0) is 0 Å². The van der Waals surface area contributed by atoms with Crippen LogP contribution in [-0.4, -0.2) is 18.3 Å². The lowest BCUT2D eigenvalue weighted by Crippen LogP contribution is -2.06. The Balaban J connectivity index is 2.20. The van der Waals surface area contributed by atoms with E-state index in [0.29, 0.717) is 0 Å². The van der Waals surface area contributed by atoms with Crippen LogP contribution in [0.2, 0.25) is 0 Å². The maximum Gasteiger partial charge on any atom is 0.120 e. The standard InChI is InChI=1S/C17H20O3/c1-12(2)20-16-6-4-5-14(11-16)17(18)13-7-9-15(19-3)10-8-13/h4-12,17-18H,1-3H3. The molecule has 0 saturated carbocycles. The van der Waals surface area contributed by atoms with Crippen LogP contribution in [0.25, 0.3) is 0 Å². The van der Waals surface area contributed by atoms with Crippen molar-refractivity contribution in [3.8, 4) is 11.5 Å². The van der Waals surface area contributed by atoms with Crippen molar-refractivity contribution < 1.29 is 14.6 Å². The molecule has 3 heteroatoms. The zero-order valence-corrected chi connectivity index (χ0v) is 12.0. The average Bonchev–Trinajstić information content (AvgIpc) is 2.46. The Bertz CT molecular complexity index is 546. The molecule has 0 heterocycles. The van der Waals surface area contributed by atoms with Gasteiger partial charge in [-0.3, -0.25) is 0 Å². The fraction of sp³-hybridized carbons (Fsp3) is 0.294. The lowest BCUT2D eigenvalue weighted by Gasteiger charge is -2.15. The molecule has 0 spiro atoms. The Hall–Kier alpha value is -2.00. The average molecular weight is 272 g/mol. The van der Waals surface area contributed by atoms with Crippen LogP contribution in [0.4, 0.5) is 0 Å². The van der Waals surface area contributed by atoms with Gasteiger partial charge in [-0.25, -0.2) is 0 Å². The van der Waals surface area contributed by atoms with Gasteiger partial charge in [0, 0.05) is 0 Å². The Kier molecular flexibility index (Phi) is 4.64. The topological polar surface area (TPSA) is 38.7 Å². The first-order valence-electron chi connectivity index (χ1n) is 6.69. The SMILES string of the molecule is COc1ccc(C(O)c2cccc(OC(C)C)c2)cc1. The number of aliphatic hydroxyl groups is 1. The fourth-order valence-electron chi connectivity index (χ4n) is 2.01. The minimum atomic E-state index is -0.670. The molecule has 0 aliphatic rings. The van der Waals surface area contributed by atoms with Crippen molar-refractivity contribution >= 4 is 0 Å². The van der Waals surface area contributed by atoms with Crippen molar-refractivity contribution in [1.82, 2.24) is 0 Å². The lowest BCUT2D eigenvalue weighted by molar-refractivity contribution is 0.216. The van der Waals surface area contributed by atoms with E-state index in [1.165, 1.54) is 0 Å². The molecule has 0 saturated heterocycles. The molecule has 106 valence electrons. The summed E-state index contributed by atoms with van der Waals surface area (Å²) in [7, 11) is 1.62. The number of benzene rings is 2. The van der Waals surface area contributed by atoms with E-state index in [1.54, 1.807) is 7.11 Å². The molecule has 3 nitrogen and oxygen atoms in total. The molecule has 0 aliphatic carbocycles. The second-order valence-electron chi connectivity index (χ2n) is 4.91. The van der Waals surface area contributed by atoms with Gasteiger partial charge in [0.25, 0.3) is 0 Å². The zero-order valence-electron chi connectivity index (χ0n) is 12.0. The van der Waals surface area contributed by atoms with Crippen LogP contribution in [0.3, 0.4) is 0 Å². The summed E-state index contributed by atoms with van der Waals surface area (Å²) < 4.78 is 10.8. The Morgan fingerprint density at radius 1 is 0.900 bits per heavy atom. The number of ether oxygens (including phenoxy) is 2. The van der Waals surface area contributed by atoms with E-state index in [2.05, 4.69) is 0 Å². The van der Waals surface area contributed by atoms with E-state index in [1.807, 2.05) is 62.4 Å². The van der Waals surface area contributed by atoms with Gasteiger partial charge in [-0.15, -0.1) is 0 Å². The van der Waals surface area contributed by atoms with Crippen LogP contribution in [0.15, 0.2) is 48.5 Å². The predicted octanol–water partition coefficient (Wildman–Crippen LogP) is 3.56. The monoisotopic (exact) mass is 272 g/mol. The summed E-state index contributed by atoms with van der Waals surface area (Å²) >= 11 is 0. The van der Waals surface area contributed by atoms with Crippen LogP contribution in [0.5, 0.6) is 11.5 Å². The molecule has 1 N–H and O–H groups in total. The first-order valence-corrected chi connectivity index (χ1v) is 6.69. The summed E-state index contributed by atoms with van der Waals surface area (Å²) in [6.07, 6.45) is -0.556. The quantitative estimate of drug-likeness (QED) is 0.904. The van der Waals surface area contributed by atoms with Gasteiger partial charge >= 0.3 is 0 Å². The number of hydrogen-bond donors (Lipinski definition) is 1. The van der Waals surface area contributed by atoms with Crippen molar-refractivity contribution in [2.45, 2.75) is 26.1 Å². The molecule has 0 amide bonds. The first kappa shape index (κ1) is 14.4. The van der Waals surface area contributed by atoms with Gasteiger partial charge in [0.05, 0.1) is 13.2 Å². The predicted molar refractivity (Wildman–Crippen MR) is 79.3 cm³/mol. The van der Waals surface area contributed by atoms with Gasteiger partial charge in [-0.2, -0.15) is 0 Å². The number of rotatable bonds is 5. The molecule has 1 unspecified atom stereocenters. The molecule has 0 aromatic heterocycles. The Morgan fingerprint density at radius 2 is 1.60 bits per heavy atom. The Labute approximate surface area is 119 Å². The second kappa shape index (κ2) is 6.44. The van der Waals surface area contributed by atoms with Crippen LogP contribution in [0, 0.1) is 0 Å². The van der Waals surface area contributed by atoms with Gasteiger partial charge in [0.15, 0.2) is 0 Å². The van der Waals surface area contributed by atoms with E-state index < -0.39 is 6.10 Å². The highest BCUT2D eigenvalue weighted by molar-refractivity contribution is 5.37. The molecule has 1 atom stereocenters. The number of aliphatic hydroxyl groups excluding tert-OH is 1. The highest BCUT2D eigenvalue weighted by Gasteiger charge is 2.11. The molecule has 0 radical (unpaired) electrons. The van der Waals surface area contributed by atoms with Gasteiger partial charge in [-0.1, -0.05) is 24.3 Å². The highest BCUT2D eigenvalue weighted by atomic mass is 16.5. The minimum Gasteiger partial charge on any atom is -0.497 e. The van der Waals surface area contributed by atoms with Crippen molar-refractivity contribution in [1.29, 1.82) is 0 Å². The largest absolute Gasteiger partial charge is 0.497 e. The summed E-state index contributed by atoms with van der Waals surface area (Å²) in [4.78, 5) is 0. The number of hydrogen-bond acceptors (Lipinski definition) is 3. The smallest absolute Gasteiger partial charge is 0.120 e. The van der Waals surface area contributed by atoms with Crippen LogP contribution < -0.4 is 9.47 Å². The molecule has 20 heavy (non-hydrogen) atoms. The highest BCUT2D eigenvalue weighted by Crippen LogP contribution is 2.26. The molecule has 2 aromatic rings. The van der Waals surface area contributed by atoms with Crippen LogP contribution in [0.1, 0.15) is 31.1 Å². The molecular formula is C17H20O3. The molecule has 2 rings (SSSR count). The molecule has 0 aliphatic heterocycles. The minimum absolute atomic E-state index is 0.114. The van der Waals surface area contributed by atoms with E-state index in [-0.39, 0.29) is 6.10 Å². The van der Waals surface area contributed by atoms with Gasteiger partial charge in [0.2, 0.25) is 0 Å². The summed E-state index contributed by atoms with van der Waals surface area (Å²) in [6, 6.07) is 14.9. The van der Waals surface area contributed by atoms with Crippen molar-refractivity contribution in [2.24, 2.45) is 0 Å². The summed E-state index contributed by atoms with van der Waals surface area (Å²) in [6.45, 7) is 3.96. The third kappa shape index (κ3) is 3.52. The Morgan fingerprint density at radius 3 is 2.20 bits per heavy atom. The third-order valence-corrected chi connectivity index (χ3v) is 2.98. The van der Waals surface area contributed by atoms with E-state index >= 15 is 0 Å². The molecular weight excluding hydrogens is 252 g/mol. The van der Waals surface area contributed by atoms with Gasteiger partial charge in [0.1, 0.15) is 17.6 Å². The van der Waals surface area contributed by atoms with Crippen molar-refractivity contribution in [3.05, 3.63) is 59.7 Å². The second-order valence-corrected chi connectivity index (χ2v) is 4.91. The maximum atomic E-state index is 10.4. The molecule has 0 fully saturated rings. The molecule has 0 bridgehead atoms. The molecule has 2 aromatic carbocycles. The van der Waals surface area contributed by atoms with Crippen molar-refractivity contribution in [3.63, 3.8) is 0 Å². The third-order valence-electron chi connectivity index (χ3n) is 2.98. The van der Waals surface area contributed by atoms with E-state index in [4.69, 9.17) is 9.47 Å². The fourth-order valence-corrected chi connectivity index (χ4v) is 2.01. The van der Waals surface area contributed by atoms with Gasteiger partial charge in [-0.05, 0) is 49.2 Å². The summed E-state index contributed by atoms with van der Waals surface area (Å²) in [5.74, 6) is 1.54. The van der Waals surface area contributed by atoms with Gasteiger partial charge < -0.3 is 14.6 Å². The summed E-state index contributed by atoms with van der Waals surface area (Å²) in [5, 5.41) is 10.4. The number of methoxy groups -OCH3 is 1. The lowest BCUT2D eigenvalue weighted by atomic mass is 10.0. The van der Waals surface area contributed by atoms with Crippen molar-refractivity contribution in [2.75, 3.05) is 7.11 Å². The zero-order chi connectivity index (χ0) is 14.5. The first-order chi connectivity index (χ1) is 9.60. The van der Waals surface area contributed by atoms with Crippen LogP contribution >= 0.6 is 0 Å². The normalized spacial score (nSPS) is 12.2. The van der Waals surface area contributed by atoms with E-state index in [9.17, 15) is 5.11 Å².